The zero-order valence-electron chi connectivity index (χ0n) is 25.9. The predicted octanol–water partition coefficient (Wildman–Crippen LogP) is 7.97. The van der Waals surface area contributed by atoms with E-state index in [4.69, 9.17) is 13.6 Å². The third-order valence-electron chi connectivity index (χ3n) is 8.07. The van der Waals surface area contributed by atoms with Crippen molar-refractivity contribution in [2.45, 2.75) is 104 Å². The van der Waals surface area contributed by atoms with Crippen LogP contribution in [0.2, 0.25) is 36.3 Å². The molecule has 0 fully saturated rings. The molecule has 0 saturated carbocycles. The number of rotatable bonds is 17. The van der Waals surface area contributed by atoms with Gasteiger partial charge in [-0.25, -0.2) is 4.79 Å². The largest absolute Gasteiger partial charge is 0.463 e. The van der Waals surface area contributed by atoms with Gasteiger partial charge in [0.25, 0.3) is 0 Å². The van der Waals surface area contributed by atoms with Crippen LogP contribution in [-0.4, -0.2) is 59.9 Å². The lowest BCUT2D eigenvalue weighted by Crippen LogP contribution is -2.46. The lowest BCUT2D eigenvalue weighted by molar-refractivity contribution is -0.137. The van der Waals surface area contributed by atoms with Crippen LogP contribution in [0.3, 0.4) is 0 Å². The third-order valence-corrected chi connectivity index (χ3v) is 17.2. The molecular formula is C31H55NO4Si2. The number of hydrogen-bond donors (Lipinski definition) is 0. The Bertz CT molecular complexity index is 865. The number of esters is 1. The van der Waals surface area contributed by atoms with Crippen molar-refractivity contribution >= 4 is 22.6 Å². The molecule has 216 valence electrons. The van der Waals surface area contributed by atoms with Crippen molar-refractivity contribution in [3.05, 3.63) is 59.7 Å². The van der Waals surface area contributed by atoms with Crippen molar-refractivity contribution in [2.75, 3.05) is 26.4 Å². The molecule has 0 saturated heterocycles. The molecule has 0 aliphatic rings. The molecule has 0 radical (unpaired) electrons. The van der Waals surface area contributed by atoms with Crippen molar-refractivity contribution in [3.8, 4) is 0 Å². The van der Waals surface area contributed by atoms with E-state index in [0.717, 1.165) is 31.2 Å². The van der Waals surface area contributed by atoms with Crippen molar-refractivity contribution < 1.29 is 18.4 Å². The fourth-order valence-corrected chi connectivity index (χ4v) is 7.63. The smallest absolute Gasteiger partial charge is 0.330 e. The van der Waals surface area contributed by atoms with Gasteiger partial charge in [-0.1, -0.05) is 89.6 Å². The highest BCUT2D eigenvalue weighted by Gasteiger charge is 2.38. The number of benzene rings is 1. The Morgan fingerprint density at radius 2 is 1.61 bits per heavy atom. The second-order valence-electron chi connectivity index (χ2n) is 11.7. The number of nitrogens with zero attached hydrogens (tertiary/aromatic N) is 1. The van der Waals surface area contributed by atoms with Crippen molar-refractivity contribution in [1.82, 2.24) is 4.90 Å². The molecule has 5 nitrogen and oxygen atoms in total. The van der Waals surface area contributed by atoms with E-state index in [1.54, 1.807) is 6.08 Å². The minimum Gasteiger partial charge on any atom is -0.463 e. The SMILES string of the molecule is CCOC(=O)/C=C/C(CO[Si](C)(C)C(C)(C)C)N(C/C=C(\C)CO[Si](CC)(CC)CC)Cc1ccccc1. The van der Waals surface area contributed by atoms with E-state index in [9.17, 15) is 4.79 Å². The maximum Gasteiger partial charge on any atom is 0.330 e. The molecule has 1 aromatic carbocycles. The summed E-state index contributed by atoms with van der Waals surface area (Å²) >= 11 is 0. The summed E-state index contributed by atoms with van der Waals surface area (Å²) in [5, 5.41) is 0.106. The second-order valence-corrected chi connectivity index (χ2v) is 21.3. The molecule has 1 rings (SSSR count). The lowest BCUT2D eigenvalue weighted by atomic mass is 10.1. The molecule has 0 N–H and O–H groups in total. The summed E-state index contributed by atoms with van der Waals surface area (Å²) in [6, 6.07) is 13.9. The zero-order valence-corrected chi connectivity index (χ0v) is 27.9. The quantitative estimate of drug-likeness (QED) is 0.0835. The van der Waals surface area contributed by atoms with Crippen LogP contribution < -0.4 is 0 Å². The summed E-state index contributed by atoms with van der Waals surface area (Å²) in [4.78, 5) is 14.6. The van der Waals surface area contributed by atoms with E-state index in [-0.39, 0.29) is 17.0 Å². The fourth-order valence-electron chi connectivity index (χ4n) is 3.96. The molecule has 0 spiro atoms. The molecule has 38 heavy (non-hydrogen) atoms. The summed E-state index contributed by atoms with van der Waals surface area (Å²) in [6.07, 6.45) is 5.79. The summed E-state index contributed by atoms with van der Waals surface area (Å²) in [5.41, 5.74) is 2.47. The standard InChI is InChI=1S/C31H55NO4Si2/c1-11-34-30(33)21-20-29(26-35-37(9,10)31(6,7)8)32(24-28-18-16-15-17-19-28)23-22-27(5)25-36-38(12-2,13-3)14-4/h15-22,29H,11-14,23-26H2,1-10H3/b21-20+,27-22+. The molecule has 0 aliphatic heterocycles. The normalized spacial score (nSPS) is 14.3. The topological polar surface area (TPSA) is 48.0 Å². The molecule has 7 heteroatoms. The van der Waals surface area contributed by atoms with E-state index in [0.29, 0.717) is 19.8 Å². The highest BCUT2D eigenvalue weighted by Crippen LogP contribution is 2.36. The number of carbonyl (C=O) groups is 1. The van der Waals surface area contributed by atoms with Crippen LogP contribution in [0.4, 0.5) is 0 Å². The van der Waals surface area contributed by atoms with E-state index < -0.39 is 16.6 Å². The zero-order chi connectivity index (χ0) is 28.8. The number of carbonyl (C=O) groups excluding carboxylic acids is 1. The van der Waals surface area contributed by atoms with Crippen LogP contribution in [0.15, 0.2) is 54.1 Å². The van der Waals surface area contributed by atoms with Gasteiger partial charge in [0, 0.05) is 19.2 Å². The van der Waals surface area contributed by atoms with E-state index >= 15 is 0 Å². The van der Waals surface area contributed by atoms with Gasteiger partial charge in [0.2, 0.25) is 0 Å². The third kappa shape index (κ3) is 11.7. The van der Waals surface area contributed by atoms with Crippen LogP contribution >= 0.6 is 0 Å². The van der Waals surface area contributed by atoms with Gasteiger partial charge in [0.15, 0.2) is 16.6 Å². The monoisotopic (exact) mass is 561 g/mol. The maximum atomic E-state index is 12.2. The highest BCUT2D eigenvalue weighted by molar-refractivity contribution is 6.74. The minimum atomic E-state index is -1.98. The van der Waals surface area contributed by atoms with E-state index in [2.05, 4.69) is 96.8 Å². The van der Waals surface area contributed by atoms with Crippen LogP contribution in [0.25, 0.3) is 0 Å². The van der Waals surface area contributed by atoms with E-state index in [1.807, 2.05) is 19.1 Å². The summed E-state index contributed by atoms with van der Waals surface area (Å²) in [5.74, 6) is -0.315. The minimum absolute atomic E-state index is 0.0749. The Hall–Kier alpha value is -1.52. The van der Waals surface area contributed by atoms with Gasteiger partial charge >= 0.3 is 5.97 Å². The predicted molar refractivity (Wildman–Crippen MR) is 166 cm³/mol. The fraction of sp³-hybridized carbons (Fsp3) is 0.645. The Morgan fingerprint density at radius 1 is 1.00 bits per heavy atom. The Balaban J connectivity index is 3.24. The van der Waals surface area contributed by atoms with Gasteiger partial charge in [0.1, 0.15) is 0 Å². The molecule has 0 heterocycles. The summed E-state index contributed by atoms with van der Waals surface area (Å²) in [7, 11) is -3.61. The van der Waals surface area contributed by atoms with Gasteiger partial charge < -0.3 is 13.6 Å². The van der Waals surface area contributed by atoms with Gasteiger partial charge in [-0.3, -0.25) is 4.90 Å². The Labute approximate surface area is 235 Å². The Morgan fingerprint density at radius 3 is 2.13 bits per heavy atom. The molecule has 1 aromatic rings. The molecular weight excluding hydrogens is 507 g/mol. The van der Waals surface area contributed by atoms with Crippen LogP contribution in [0.5, 0.6) is 0 Å². The van der Waals surface area contributed by atoms with Crippen LogP contribution in [-0.2, 0) is 24.9 Å². The molecule has 0 aromatic heterocycles. The molecule has 0 bridgehead atoms. The van der Waals surface area contributed by atoms with Crippen LogP contribution in [0.1, 0.15) is 61.0 Å². The average molecular weight is 562 g/mol. The first-order chi connectivity index (χ1) is 17.8. The van der Waals surface area contributed by atoms with Crippen molar-refractivity contribution in [3.63, 3.8) is 0 Å². The summed E-state index contributed by atoms with van der Waals surface area (Å²) < 4.78 is 18.4. The van der Waals surface area contributed by atoms with Gasteiger partial charge in [-0.05, 0) is 55.7 Å². The highest BCUT2D eigenvalue weighted by atomic mass is 28.4. The molecule has 0 aliphatic carbocycles. The van der Waals surface area contributed by atoms with Crippen LogP contribution in [0, 0.1) is 0 Å². The van der Waals surface area contributed by atoms with Crippen molar-refractivity contribution in [1.29, 1.82) is 0 Å². The van der Waals surface area contributed by atoms with E-state index in [1.165, 1.54) is 11.1 Å². The van der Waals surface area contributed by atoms with Gasteiger partial charge in [-0.2, -0.15) is 0 Å². The number of hydrogen-bond acceptors (Lipinski definition) is 5. The first kappa shape index (κ1) is 34.5. The average Bonchev–Trinajstić information content (AvgIpc) is 2.88. The molecule has 1 atom stereocenters. The molecule has 1 unspecified atom stereocenters. The first-order valence-corrected chi connectivity index (χ1v) is 19.8. The first-order valence-electron chi connectivity index (χ1n) is 14.4. The van der Waals surface area contributed by atoms with Crippen molar-refractivity contribution in [2.24, 2.45) is 0 Å². The van der Waals surface area contributed by atoms with Gasteiger partial charge in [-0.15, -0.1) is 0 Å². The Kier molecular flexibility index (Phi) is 15.0. The lowest BCUT2D eigenvalue weighted by Gasteiger charge is -2.38. The summed E-state index contributed by atoms with van der Waals surface area (Å²) in [6.45, 7) is 25.2. The maximum absolute atomic E-state index is 12.2. The van der Waals surface area contributed by atoms with Gasteiger partial charge in [0.05, 0.1) is 25.9 Å². The second kappa shape index (κ2) is 16.6. The molecule has 0 amide bonds. The number of ether oxygens (including phenoxy) is 1.